The van der Waals surface area contributed by atoms with Crippen LogP contribution in [0.25, 0.3) is 0 Å². The minimum Gasteiger partial charge on any atom is -0.399 e. The second kappa shape index (κ2) is 12.1. The zero-order valence-electron chi connectivity index (χ0n) is 17.2. The first-order valence-corrected chi connectivity index (χ1v) is 8.78. The van der Waals surface area contributed by atoms with Crippen molar-refractivity contribution >= 4 is 0 Å². The highest BCUT2D eigenvalue weighted by Gasteiger charge is 2.08. The molecule has 0 saturated carbocycles. The number of hydrogen-bond donors (Lipinski definition) is 1. The van der Waals surface area contributed by atoms with Crippen LogP contribution in [0.5, 0.6) is 0 Å². The van der Waals surface area contributed by atoms with Gasteiger partial charge >= 0.3 is 0 Å². The Kier molecular flexibility index (Phi) is 10.6. The molecule has 0 atom stereocenters. The predicted octanol–water partition coefficient (Wildman–Crippen LogP) is 7.58. The van der Waals surface area contributed by atoms with Crippen molar-refractivity contribution in [3.63, 3.8) is 0 Å². The summed E-state index contributed by atoms with van der Waals surface area (Å²) in [5, 5.41) is 0. The highest BCUT2D eigenvalue weighted by Crippen LogP contribution is 2.25. The van der Waals surface area contributed by atoms with Crippen LogP contribution in [0.2, 0.25) is 0 Å². The van der Waals surface area contributed by atoms with E-state index in [2.05, 4.69) is 52.6 Å². The largest absolute Gasteiger partial charge is 0.399 e. The summed E-state index contributed by atoms with van der Waals surface area (Å²) in [5.41, 5.74) is 7.80. The molecule has 0 saturated heterocycles. The highest BCUT2D eigenvalue weighted by atomic mass is 19.1. The normalized spacial score (nSPS) is 12.1. The summed E-state index contributed by atoms with van der Waals surface area (Å²) in [7, 11) is 0. The molecule has 3 heteroatoms. The summed E-state index contributed by atoms with van der Waals surface area (Å²) < 4.78 is 28.8. The molecule has 0 amide bonds. The molecular formula is C26H29F2N. The minimum absolute atomic E-state index is 0.0416. The van der Waals surface area contributed by atoms with Crippen LogP contribution in [-0.4, -0.2) is 0 Å². The average Bonchev–Trinajstić information content (AvgIpc) is 2.67. The zero-order chi connectivity index (χ0) is 22.7. The van der Waals surface area contributed by atoms with E-state index in [0.717, 1.165) is 24.1 Å². The smallest absolute Gasteiger partial charge is 0.131 e. The third-order valence-corrected chi connectivity index (χ3v) is 3.84. The van der Waals surface area contributed by atoms with Crippen LogP contribution in [-0.2, 0) is 0 Å². The Bertz CT molecular complexity index is 899. The summed E-state index contributed by atoms with van der Waals surface area (Å²) in [5.74, 6) is -1.32. The summed E-state index contributed by atoms with van der Waals surface area (Å²) in [6, 6.07) is 0. The monoisotopic (exact) mass is 393 g/mol. The first-order valence-electron chi connectivity index (χ1n) is 8.78. The molecule has 0 spiro atoms. The molecule has 0 heterocycles. The molecule has 0 aromatic carbocycles. The van der Waals surface area contributed by atoms with E-state index in [0.29, 0.717) is 16.8 Å². The molecule has 152 valence electrons. The number of allylic oxidation sites excluding steroid dienone is 15. The summed E-state index contributed by atoms with van der Waals surface area (Å²) >= 11 is 0. The topological polar surface area (TPSA) is 26.0 Å². The fourth-order valence-electron chi connectivity index (χ4n) is 1.72. The van der Waals surface area contributed by atoms with Gasteiger partial charge in [0.05, 0.1) is 0 Å². The van der Waals surface area contributed by atoms with Gasteiger partial charge in [0.15, 0.2) is 0 Å². The molecular weight excluding hydrogens is 364 g/mol. The van der Waals surface area contributed by atoms with Gasteiger partial charge in [-0.3, -0.25) is 0 Å². The van der Waals surface area contributed by atoms with Crippen LogP contribution < -0.4 is 5.73 Å². The van der Waals surface area contributed by atoms with Gasteiger partial charge in [0.1, 0.15) is 11.7 Å². The van der Waals surface area contributed by atoms with Gasteiger partial charge in [-0.2, -0.15) is 0 Å². The molecule has 0 aliphatic carbocycles. The molecule has 0 aromatic rings. The van der Waals surface area contributed by atoms with Crippen LogP contribution in [0.15, 0.2) is 145 Å². The van der Waals surface area contributed by atoms with Crippen molar-refractivity contribution in [1.82, 2.24) is 0 Å². The Hall–Kier alpha value is -3.46. The SMILES string of the molecule is C=C(N)/C=C\C(=C)C(=C)/C(F)=C\C(=C)C(=C)/C=C(/F)C(=C)C(=C)/C=C\C(=C)CC. The van der Waals surface area contributed by atoms with Gasteiger partial charge in [0, 0.05) is 16.8 Å². The third-order valence-electron chi connectivity index (χ3n) is 3.84. The molecule has 2 N–H and O–H groups in total. The van der Waals surface area contributed by atoms with Gasteiger partial charge in [-0.1, -0.05) is 83.4 Å². The number of halogens is 2. The molecule has 1 nitrogen and oxygen atoms in total. The van der Waals surface area contributed by atoms with Gasteiger partial charge in [-0.25, -0.2) is 8.78 Å². The molecule has 0 aromatic heterocycles. The van der Waals surface area contributed by atoms with Crippen LogP contribution in [0.3, 0.4) is 0 Å². The maximum atomic E-state index is 14.4. The van der Waals surface area contributed by atoms with Crippen molar-refractivity contribution in [1.29, 1.82) is 0 Å². The summed E-state index contributed by atoms with van der Waals surface area (Å²) in [6.45, 7) is 31.5. The van der Waals surface area contributed by atoms with E-state index in [-0.39, 0.29) is 22.3 Å². The summed E-state index contributed by atoms with van der Waals surface area (Å²) in [6.07, 6.45) is 9.36. The number of nitrogens with two attached hydrogens (primary N) is 1. The molecule has 0 radical (unpaired) electrons. The van der Waals surface area contributed by atoms with Gasteiger partial charge < -0.3 is 5.73 Å². The van der Waals surface area contributed by atoms with E-state index in [1.807, 2.05) is 6.92 Å². The number of rotatable bonds is 12. The average molecular weight is 394 g/mol. The first kappa shape index (κ1) is 25.5. The van der Waals surface area contributed by atoms with Crippen LogP contribution in [0.4, 0.5) is 8.78 Å². The molecule has 0 fully saturated rings. The van der Waals surface area contributed by atoms with Crippen molar-refractivity contribution in [3.05, 3.63) is 145 Å². The van der Waals surface area contributed by atoms with Crippen molar-refractivity contribution < 1.29 is 8.78 Å². The Labute approximate surface area is 173 Å². The molecule has 0 rings (SSSR count). The molecule has 0 unspecified atom stereocenters. The lowest BCUT2D eigenvalue weighted by atomic mass is 10.0. The van der Waals surface area contributed by atoms with Gasteiger partial charge in [0.2, 0.25) is 0 Å². The quantitative estimate of drug-likeness (QED) is 0.340. The second-order valence-corrected chi connectivity index (χ2v) is 6.30. The Balaban J connectivity index is 5.25. The van der Waals surface area contributed by atoms with Crippen molar-refractivity contribution in [3.8, 4) is 0 Å². The highest BCUT2D eigenvalue weighted by molar-refractivity contribution is 5.55. The van der Waals surface area contributed by atoms with Crippen LogP contribution >= 0.6 is 0 Å². The summed E-state index contributed by atoms with van der Waals surface area (Å²) in [4.78, 5) is 0. The third kappa shape index (κ3) is 9.34. The molecule has 0 aliphatic rings. The Morgan fingerprint density at radius 1 is 0.655 bits per heavy atom. The Morgan fingerprint density at radius 3 is 1.38 bits per heavy atom. The fraction of sp³-hybridized carbons (Fsp3) is 0.0769. The van der Waals surface area contributed by atoms with E-state index in [4.69, 9.17) is 5.73 Å². The van der Waals surface area contributed by atoms with E-state index in [1.165, 1.54) is 12.2 Å². The maximum absolute atomic E-state index is 14.4. The van der Waals surface area contributed by atoms with Crippen LogP contribution in [0.1, 0.15) is 13.3 Å². The molecule has 0 aliphatic heterocycles. The second-order valence-electron chi connectivity index (χ2n) is 6.30. The predicted molar refractivity (Wildman–Crippen MR) is 124 cm³/mol. The Morgan fingerprint density at radius 2 is 1.03 bits per heavy atom. The van der Waals surface area contributed by atoms with Gasteiger partial charge in [0.25, 0.3) is 0 Å². The van der Waals surface area contributed by atoms with E-state index < -0.39 is 11.7 Å². The fourth-order valence-corrected chi connectivity index (χ4v) is 1.72. The van der Waals surface area contributed by atoms with Gasteiger partial charge in [-0.15, -0.1) is 0 Å². The van der Waals surface area contributed by atoms with E-state index in [1.54, 1.807) is 12.2 Å². The maximum Gasteiger partial charge on any atom is 0.131 e. The lowest BCUT2D eigenvalue weighted by Crippen LogP contribution is -1.91. The minimum atomic E-state index is -0.675. The lowest BCUT2D eigenvalue weighted by molar-refractivity contribution is 0.653. The molecule has 0 bridgehead atoms. The lowest BCUT2D eigenvalue weighted by Gasteiger charge is -2.07. The van der Waals surface area contributed by atoms with Crippen molar-refractivity contribution in [2.24, 2.45) is 5.73 Å². The van der Waals surface area contributed by atoms with Crippen LogP contribution in [0, 0.1) is 0 Å². The standard InChI is InChI=1S/C26H29F2N/c1-10-17(2)11-12-18(3)23(8)25(27)15-20(5)21(6)16-26(28)24(9)19(4)13-14-22(7)29/h11-16H,2-10,29H2,1H3/b12-11-,14-13-,25-15+,26-16+. The van der Waals surface area contributed by atoms with E-state index in [9.17, 15) is 8.78 Å². The number of hydrogen-bond acceptors (Lipinski definition) is 1. The van der Waals surface area contributed by atoms with Crippen molar-refractivity contribution in [2.45, 2.75) is 13.3 Å². The van der Waals surface area contributed by atoms with Crippen molar-refractivity contribution in [2.75, 3.05) is 0 Å². The first-order chi connectivity index (χ1) is 13.4. The zero-order valence-corrected chi connectivity index (χ0v) is 17.2. The van der Waals surface area contributed by atoms with E-state index >= 15 is 0 Å². The molecule has 29 heavy (non-hydrogen) atoms. The van der Waals surface area contributed by atoms with Gasteiger partial charge in [-0.05, 0) is 46.9 Å².